The second-order valence-corrected chi connectivity index (χ2v) is 5.54. The highest BCUT2D eigenvalue weighted by molar-refractivity contribution is 7.90. The second kappa shape index (κ2) is 4.73. The first-order valence-electron chi connectivity index (χ1n) is 4.58. The predicted molar refractivity (Wildman–Crippen MR) is 55.6 cm³/mol. The summed E-state index contributed by atoms with van der Waals surface area (Å²) in [7, 11) is -3.48. The topological polar surface area (TPSA) is 95.1 Å². The molecule has 1 aromatic rings. The maximum Gasteiger partial charge on any atom is 0.217 e. The Labute approximate surface area is 88.8 Å². The summed E-state index contributed by atoms with van der Waals surface area (Å²) < 4.78 is 25.6. The van der Waals surface area contributed by atoms with Crippen LogP contribution in [0.2, 0.25) is 0 Å². The van der Waals surface area contributed by atoms with Gasteiger partial charge in [0.05, 0.1) is 18.1 Å². The normalized spacial score (nSPS) is 16.2. The quantitative estimate of drug-likeness (QED) is 0.654. The third-order valence-electron chi connectivity index (χ3n) is 2.15. The Kier molecular flexibility index (Phi) is 3.83. The van der Waals surface area contributed by atoms with E-state index in [1.807, 2.05) is 0 Å². The van der Waals surface area contributed by atoms with Crippen molar-refractivity contribution < 1.29 is 13.5 Å². The molecule has 2 atom stereocenters. The molecule has 0 aliphatic rings. The number of sulfonamides is 1. The van der Waals surface area contributed by atoms with Gasteiger partial charge in [-0.25, -0.2) is 13.1 Å². The molecule has 0 aromatic carbocycles. The van der Waals surface area contributed by atoms with Crippen LogP contribution < -0.4 is 4.72 Å². The van der Waals surface area contributed by atoms with Crippen molar-refractivity contribution in [1.82, 2.24) is 14.9 Å². The van der Waals surface area contributed by atoms with E-state index in [1.165, 1.54) is 6.92 Å². The van der Waals surface area contributed by atoms with Crippen molar-refractivity contribution in [1.29, 1.82) is 0 Å². The third kappa shape index (κ3) is 3.01. The Balaban J connectivity index is 2.70. The van der Waals surface area contributed by atoms with Gasteiger partial charge in [-0.2, -0.15) is 5.10 Å². The molecule has 0 bridgehead atoms. The van der Waals surface area contributed by atoms with Crippen molar-refractivity contribution in [2.75, 3.05) is 6.61 Å². The van der Waals surface area contributed by atoms with Gasteiger partial charge < -0.3 is 5.11 Å². The number of nitrogens with one attached hydrogen (secondary N) is 2. The molecule has 0 aliphatic heterocycles. The Morgan fingerprint density at radius 3 is 2.73 bits per heavy atom. The van der Waals surface area contributed by atoms with Crippen LogP contribution >= 0.6 is 0 Å². The van der Waals surface area contributed by atoms with Crippen molar-refractivity contribution in [3.63, 3.8) is 0 Å². The number of aromatic nitrogens is 2. The van der Waals surface area contributed by atoms with Crippen molar-refractivity contribution in [3.05, 3.63) is 18.0 Å². The zero-order chi connectivity index (χ0) is 11.5. The summed E-state index contributed by atoms with van der Waals surface area (Å²) in [6.07, 6.45) is 3.17. The van der Waals surface area contributed by atoms with E-state index in [9.17, 15) is 8.42 Å². The average Bonchev–Trinajstić information content (AvgIpc) is 2.68. The van der Waals surface area contributed by atoms with Gasteiger partial charge in [0.1, 0.15) is 0 Å². The number of aliphatic hydroxyl groups is 1. The first kappa shape index (κ1) is 12.2. The van der Waals surface area contributed by atoms with E-state index in [0.717, 1.165) is 5.56 Å². The van der Waals surface area contributed by atoms with E-state index in [-0.39, 0.29) is 6.04 Å². The Bertz CT molecular complexity index is 387. The van der Waals surface area contributed by atoms with E-state index < -0.39 is 21.9 Å². The lowest BCUT2D eigenvalue weighted by Crippen LogP contribution is -2.36. The molecule has 2 unspecified atom stereocenters. The summed E-state index contributed by atoms with van der Waals surface area (Å²) in [6.45, 7) is 2.77. The summed E-state index contributed by atoms with van der Waals surface area (Å²) >= 11 is 0. The second-order valence-electron chi connectivity index (χ2n) is 3.41. The van der Waals surface area contributed by atoms with Gasteiger partial charge in [0.15, 0.2) is 0 Å². The van der Waals surface area contributed by atoms with Gasteiger partial charge in [-0.15, -0.1) is 0 Å². The lowest BCUT2D eigenvalue weighted by Gasteiger charge is -2.15. The van der Waals surface area contributed by atoms with Crippen LogP contribution in [0.5, 0.6) is 0 Å². The van der Waals surface area contributed by atoms with Crippen LogP contribution in [0.4, 0.5) is 0 Å². The Hall–Kier alpha value is -0.920. The molecule has 0 fully saturated rings. The molecule has 1 rings (SSSR count). The van der Waals surface area contributed by atoms with Gasteiger partial charge in [-0.1, -0.05) is 0 Å². The van der Waals surface area contributed by atoms with Crippen molar-refractivity contribution >= 4 is 10.0 Å². The van der Waals surface area contributed by atoms with E-state index >= 15 is 0 Å². The minimum Gasteiger partial charge on any atom is -0.395 e. The van der Waals surface area contributed by atoms with Crippen LogP contribution in [0.25, 0.3) is 0 Å². The number of rotatable bonds is 5. The maximum absolute atomic E-state index is 11.6. The minimum absolute atomic E-state index is 0.359. The zero-order valence-corrected chi connectivity index (χ0v) is 9.45. The number of hydrogen-bond acceptors (Lipinski definition) is 4. The molecule has 1 aromatic heterocycles. The summed E-state index contributed by atoms with van der Waals surface area (Å²) in [5.74, 6) is 0. The summed E-state index contributed by atoms with van der Waals surface area (Å²) in [5.41, 5.74) is 0.753. The van der Waals surface area contributed by atoms with Crippen LogP contribution in [0, 0.1) is 0 Å². The number of H-pyrrole nitrogens is 1. The molecule has 15 heavy (non-hydrogen) atoms. The van der Waals surface area contributed by atoms with E-state index in [0.29, 0.717) is 0 Å². The molecule has 1 heterocycles. The highest BCUT2D eigenvalue weighted by Crippen LogP contribution is 2.12. The van der Waals surface area contributed by atoms with Crippen molar-refractivity contribution in [3.8, 4) is 0 Å². The van der Waals surface area contributed by atoms with Gasteiger partial charge >= 0.3 is 0 Å². The summed E-state index contributed by atoms with van der Waals surface area (Å²) in [6, 6.07) is -0.359. The number of aliphatic hydroxyl groups excluding tert-OH is 1. The Morgan fingerprint density at radius 2 is 2.27 bits per heavy atom. The lowest BCUT2D eigenvalue weighted by molar-refractivity contribution is 0.294. The molecule has 0 amide bonds. The third-order valence-corrected chi connectivity index (χ3v) is 4.04. The maximum atomic E-state index is 11.6. The van der Waals surface area contributed by atoms with Crippen LogP contribution in [0.3, 0.4) is 0 Å². The fourth-order valence-corrected chi connectivity index (χ4v) is 2.08. The molecule has 0 saturated carbocycles. The van der Waals surface area contributed by atoms with Crippen LogP contribution in [0.15, 0.2) is 12.4 Å². The molecule has 0 spiro atoms. The predicted octanol–water partition coefficient (Wildman–Crippen LogP) is -0.229. The smallest absolute Gasteiger partial charge is 0.217 e. The summed E-state index contributed by atoms with van der Waals surface area (Å²) in [5, 5.41) is 14.3. The number of hydrogen-bond donors (Lipinski definition) is 3. The molecular formula is C8H15N3O3S. The van der Waals surface area contributed by atoms with Crippen molar-refractivity contribution in [2.45, 2.75) is 25.1 Å². The molecular weight excluding hydrogens is 218 g/mol. The molecule has 3 N–H and O–H groups in total. The molecule has 6 nitrogen and oxygen atoms in total. The molecule has 0 aliphatic carbocycles. The molecule has 0 saturated heterocycles. The van der Waals surface area contributed by atoms with E-state index in [1.54, 1.807) is 19.3 Å². The van der Waals surface area contributed by atoms with Gasteiger partial charge in [0, 0.05) is 17.8 Å². The molecule has 0 radical (unpaired) electrons. The lowest BCUT2D eigenvalue weighted by atomic mass is 10.2. The monoisotopic (exact) mass is 233 g/mol. The molecule has 7 heteroatoms. The zero-order valence-electron chi connectivity index (χ0n) is 8.64. The number of nitrogens with zero attached hydrogens (tertiary/aromatic N) is 1. The van der Waals surface area contributed by atoms with Gasteiger partial charge in [-0.3, -0.25) is 5.10 Å². The van der Waals surface area contributed by atoms with Crippen LogP contribution in [-0.4, -0.2) is 35.6 Å². The first-order chi connectivity index (χ1) is 6.97. The average molecular weight is 233 g/mol. The standard InChI is InChI=1S/C8H15N3O3S/c1-6(5-12)15(13,14)11-7(2)8-3-9-10-4-8/h3-4,6-7,11-12H,5H2,1-2H3,(H,9,10). The SMILES string of the molecule is CC(NS(=O)(=O)C(C)CO)c1cn[nH]c1. The molecule has 86 valence electrons. The minimum atomic E-state index is -3.48. The first-order valence-corrected chi connectivity index (χ1v) is 6.12. The fourth-order valence-electron chi connectivity index (χ4n) is 1.03. The van der Waals surface area contributed by atoms with Gasteiger partial charge in [0.25, 0.3) is 0 Å². The van der Waals surface area contributed by atoms with Gasteiger partial charge in [0.2, 0.25) is 10.0 Å². The largest absolute Gasteiger partial charge is 0.395 e. The van der Waals surface area contributed by atoms with E-state index in [2.05, 4.69) is 14.9 Å². The van der Waals surface area contributed by atoms with Crippen LogP contribution in [-0.2, 0) is 10.0 Å². The van der Waals surface area contributed by atoms with Crippen LogP contribution in [0.1, 0.15) is 25.5 Å². The highest BCUT2D eigenvalue weighted by Gasteiger charge is 2.22. The van der Waals surface area contributed by atoms with Gasteiger partial charge in [-0.05, 0) is 13.8 Å². The van der Waals surface area contributed by atoms with Crippen molar-refractivity contribution in [2.24, 2.45) is 0 Å². The Morgan fingerprint density at radius 1 is 1.60 bits per heavy atom. The number of aromatic amines is 1. The highest BCUT2D eigenvalue weighted by atomic mass is 32.2. The summed E-state index contributed by atoms with van der Waals surface area (Å²) in [4.78, 5) is 0. The van der Waals surface area contributed by atoms with E-state index in [4.69, 9.17) is 5.11 Å². The fraction of sp³-hybridized carbons (Fsp3) is 0.625.